The molecule has 0 aliphatic carbocycles. The topological polar surface area (TPSA) is 122 Å². The molecule has 150 valence electrons. The van der Waals surface area contributed by atoms with Crippen LogP contribution in [0.2, 0.25) is 0 Å². The number of rotatable bonds is 6. The van der Waals surface area contributed by atoms with Crippen LogP contribution in [0.3, 0.4) is 0 Å². The average Bonchev–Trinajstić information content (AvgIpc) is 3.33. The van der Waals surface area contributed by atoms with E-state index in [-0.39, 0.29) is 10.6 Å². The molecule has 10 heteroatoms. The van der Waals surface area contributed by atoms with Crippen molar-refractivity contribution in [1.82, 2.24) is 9.97 Å². The molecule has 2 aromatic carbocycles. The Labute approximate surface area is 181 Å². The third-order valence-corrected chi connectivity index (χ3v) is 5.67. The van der Waals surface area contributed by atoms with Crippen molar-refractivity contribution < 1.29 is 19.2 Å². The van der Waals surface area contributed by atoms with Crippen molar-refractivity contribution in [3.05, 3.63) is 79.8 Å². The van der Waals surface area contributed by atoms with Gasteiger partial charge in [0.1, 0.15) is 16.4 Å². The maximum Gasteiger partial charge on any atom is 0.342 e. The standard InChI is InChI=1S/C20H12BrN3O5S/c21-14-9-11(24(27)28)5-7-13(14)17-8-6-12(29-17)10-18(19(25)26)30-20-22-15-3-1-2-4-16(15)23-20/h1-10H,(H,22,23)(H,25,26)/b18-10-. The van der Waals surface area contributed by atoms with Gasteiger partial charge in [-0.1, -0.05) is 12.1 Å². The van der Waals surface area contributed by atoms with Gasteiger partial charge in [0.15, 0.2) is 5.16 Å². The van der Waals surface area contributed by atoms with E-state index in [9.17, 15) is 20.0 Å². The molecule has 8 nitrogen and oxygen atoms in total. The van der Waals surface area contributed by atoms with E-state index in [1.54, 1.807) is 18.2 Å². The number of carbonyl (C=O) groups is 1. The number of thioether (sulfide) groups is 1. The largest absolute Gasteiger partial charge is 0.477 e. The fraction of sp³-hybridized carbons (Fsp3) is 0. The van der Waals surface area contributed by atoms with Crippen LogP contribution < -0.4 is 0 Å². The van der Waals surface area contributed by atoms with Crippen LogP contribution in [0.5, 0.6) is 0 Å². The number of nitrogens with one attached hydrogen (secondary N) is 1. The van der Waals surface area contributed by atoms with E-state index in [0.717, 1.165) is 22.8 Å². The van der Waals surface area contributed by atoms with Crippen molar-refractivity contribution >= 4 is 56.5 Å². The molecular formula is C20H12BrN3O5S. The number of carboxylic acid groups (broad SMARTS) is 1. The minimum Gasteiger partial charge on any atom is -0.477 e. The lowest BCUT2D eigenvalue weighted by molar-refractivity contribution is -0.384. The number of H-pyrrole nitrogens is 1. The summed E-state index contributed by atoms with van der Waals surface area (Å²) in [6.07, 6.45) is 1.41. The Bertz CT molecular complexity index is 1280. The van der Waals surface area contributed by atoms with Crippen LogP contribution in [0.1, 0.15) is 5.76 Å². The van der Waals surface area contributed by atoms with E-state index in [1.807, 2.05) is 24.3 Å². The van der Waals surface area contributed by atoms with E-state index in [0.29, 0.717) is 26.7 Å². The van der Waals surface area contributed by atoms with Crippen molar-refractivity contribution in [3.8, 4) is 11.3 Å². The molecule has 0 saturated heterocycles. The quantitative estimate of drug-likeness (QED) is 0.155. The lowest BCUT2D eigenvalue weighted by atomic mass is 10.1. The highest BCUT2D eigenvalue weighted by atomic mass is 79.9. The summed E-state index contributed by atoms with van der Waals surface area (Å²) in [7, 11) is 0. The first-order valence-electron chi connectivity index (χ1n) is 8.52. The highest BCUT2D eigenvalue weighted by Crippen LogP contribution is 2.34. The minimum atomic E-state index is -1.12. The molecule has 0 amide bonds. The molecule has 30 heavy (non-hydrogen) atoms. The van der Waals surface area contributed by atoms with Gasteiger partial charge in [-0.05, 0) is 58.0 Å². The summed E-state index contributed by atoms with van der Waals surface area (Å²) in [6, 6.07) is 15.0. The summed E-state index contributed by atoms with van der Waals surface area (Å²) in [6.45, 7) is 0. The van der Waals surface area contributed by atoms with E-state index in [2.05, 4.69) is 25.9 Å². The predicted octanol–water partition coefficient (Wildman–Crippen LogP) is 5.71. The molecule has 0 bridgehead atoms. The van der Waals surface area contributed by atoms with Crippen molar-refractivity contribution in [2.45, 2.75) is 5.16 Å². The van der Waals surface area contributed by atoms with E-state index in [4.69, 9.17) is 4.42 Å². The van der Waals surface area contributed by atoms with Crippen LogP contribution in [-0.4, -0.2) is 26.0 Å². The summed E-state index contributed by atoms with van der Waals surface area (Å²) in [5.74, 6) is -0.340. The average molecular weight is 486 g/mol. The predicted molar refractivity (Wildman–Crippen MR) is 116 cm³/mol. The SMILES string of the molecule is O=C(O)/C(=C/c1ccc(-c2ccc([N+](=O)[O-])cc2Br)o1)Sc1nc2ccccc2[nH]1. The molecule has 0 spiro atoms. The molecule has 0 fully saturated rings. The number of nitro groups is 1. The zero-order valence-electron chi connectivity index (χ0n) is 15.0. The summed E-state index contributed by atoms with van der Waals surface area (Å²) in [4.78, 5) is 29.6. The molecule has 0 aliphatic heterocycles. The number of aromatic amines is 1. The zero-order chi connectivity index (χ0) is 21.3. The molecule has 0 unspecified atom stereocenters. The lowest BCUT2D eigenvalue weighted by Crippen LogP contribution is -1.96. The summed E-state index contributed by atoms with van der Waals surface area (Å²) < 4.78 is 6.24. The number of benzene rings is 2. The molecule has 0 saturated carbocycles. The van der Waals surface area contributed by atoms with Gasteiger partial charge in [-0.15, -0.1) is 0 Å². The number of non-ortho nitro benzene ring substituents is 1. The number of aromatic nitrogens is 2. The highest BCUT2D eigenvalue weighted by Gasteiger charge is 2.16. The molecule has 4 rings (SSSR count). The number of nitro benzene ring substituents is 1. The van der Waals surface area contributed by atoms with Gasteiger partial charge in [0.25, 0.3) is 5.69 Å². The highest BCUT2D eigenvalue weighted by molar-refractivity contribution is 9.10. The van der Waals surface area contributed by atoms with Crippen molar-refractivity contribution in [2.75, 3.05) is 0 Å². The number of para-hydroxylation sites is 2. The molecular weight excluding hydrogens is 474 g/mol. The van der Waals surface area contributed by atoms with Gasteiger partial charge in [-0.3, -0.25) is 10.1 Å². The lowest BCUT2D eigenvalue weighted by Gasteiger charge is -2.01. The zero-order valence-corrected chi connectivity index (χ0v) is 17.4. The van der Waals surface area contributed by atoms with Gasteiger partial charge in [0, 0.05) is 28.2 Å². The third kappa shape index (κ3) is 4.14. The Hall–Kier alpha value is -3.37. The van der Waals surface area contributed by atoms with Crippen molar-refractivity contribution in [2.24, 2.45) is 0 Å². The second kappa shape index (κ2) is 8.17. The van der Waals surface area contributed by atoms with Gasteiger partial charge in [0.2, 0.25) is 0 Å². The molecule has 2 heterocycles. The number of imidazole rings is 1. The molecule has 0 radical (unpaired) electrons. The fourth-order valence-corrected chi connectivity index (χ4v) is 4.08. The first-order valence-corrected chi connectivity index (χ1v) is 10.1. The molecule has 2 aromatic heterocycles. The number of halogens is 1. The number of hydrogen-bond acceptors (Lipinski definition) is 6. The third-order valence-electron chi connectivity index (χ3n) is 4.11. The fourth-order valence-electron chi connectivity index (χ4n) is 2.74. The van der Waals surface area contributed by atoms with Crippen LogP contribution in [0.25, 0.3) is 28.4 Å². The Morgan fingerprint density at radius 2 is 2.03 bits per heavy atom. The Kier molecular flexibility index (Phi) is 5.42. The monoisotopic (exact) mass is 485 g/mol. The Morgan fingerprint density at radius 3 is 2.73 bits per heavy atom. The van der Waals surface area contributed by atoms with Crippen LogP contribution in [0.15, 0.2) is 73.5 Å². The maximum atomic E-state index is 11.7. The summed E-state index contributed by atoms with van der Waals surface area (Å²) in [5.41, 5.74) is 2.12. The number of carboxylic acids is 1. The minimum absolute atomic E-state index is 0.0257. The molecule has 4 aromatic rings. The number of furan rings is 1. The van der Waals surface area contributed by atoms with Crippen LogP contribution >= 0.6 is 27.7 Å². The number of hydrogen-bond donors (Lipinski definition) is 2. The smallest absolute Gasteiger partial charge is 0.342 e. The Balaban J connectivity index is 1.62. The molecule has 0 atom stereocenters. The molecule has 2 N–H and O–H groups in total. The first kappa shape index (κ1) is 19.9. The second-order valence-electron chi connectivity index (χ2n) is 6.10. The summed E-state index contributed by atoms with van der Waals surface area (Å²) >= 11 is 4.29. The van der Waals surface area contributed by atoms with Crippen LogP contribution in [0.4, 0.5) is 5.69 Å². The second-order valence-corrected chi connectivity index (χ2v) is 7.98. The van der Waals surface area contributed by atoms with E-state index >= 15 is 0 Å². The Morgan fingerprint density at radius 1 is 1.23 bits per heavy atom. The van der Waals surface area contributed by atoms with E-state index in [1.165, 1.54) is 18.2 Å². The van der Waals surface area contributed by atoms with Gasteiger partial charge in [-0.25, -0.2) is 9.78 Å². The number of nitrogens with zero attached hydrogens (tertiary/aromatic N) is 2. The van der Waals surface area contributed by atoms with Gasteiger partial charge in [0.05, 0.1) is 16.0 Å². The van der Waals surface area contributed by atoms with Crippen molar-refractivity contribution in [3.63, 3.8) is 0 Å². The van der Waals surface area contributed by atoms with Crippen molar-refractivity contribution in [1.29, 1.82) is 0 Å². The van der Waals surface area contributed by atoms with Gasteiger partial charge < -0.3 is 14.5 Å². The number of fused-ring (bicyclic) bond motifs is 1. The number of aliphatic carboxylic acids is 1. The van der Waals surface area contributed by atoms with Gasteiger partial charge >= 0.3 is 5.97 Å². The molecule has 0 aliphatic rings. The van der Waals surface area contributed by atoms with Crippen LogP contribution in [0, 0.1) is 10.1 Å². The summed E-state index contributed by atoms with van der Waals surface area (Å²) in [5, 5.41) is 20.9. The van der Waals surface area contributed by atoms with Crippen LogP contribution in [-0.2, 0) is 4.79 Å². The normalized spacial score (nSPS) is 11.7. The van der Waals surface area contributed by atoms with E-state index < -0.39 is 10.9 Å². The maximum absolute atomic E-state index is 11.7. The van der Waals surface area contributed by atoms with Gasteiger partial charge in [-0.2, -0.15) is 0 Å². The first-order chi connectivity index (χ1) is 14.4.